The van der Waals surface area contributed by atoms with Crippen molar-refractivity contribution < 1.29 is 19.1 Å². The first-order valence-electron chi connectivity index (χ1n) is 9.09. The summed E-state index contributed by atoms with van der Waals surface area (Å²) in [4.78, 5) is 26.3. The number of methoxy groups -OCH3 is 1. The van der Waals surface area contributed by atoms with Crippen LogP contribution < -0.4 is 14.8 Å². The number of carbonyl (C=O) groups excluding carboxylic acids is 2. The van der Waals surface area contributed by atoms with Crippen LogP contribution in [0, 0.1) is 0 Å². The van der Waals surface area contributed by atoms with Gasteiger partial charge >= 0.3 is 0 Å². The van der Waals surface area contributed by atoms with Crippen molar-refractivity contribution in [2.45, 2.75) is 6.61 Å². The highest BCUT2D eigenvalue weighted by Gasteiger charge is 2.32. The van der Waals surface area contributed by atoms with Gasteiger partial charge in [0.25, 0.3) is 11.8 Å². The Morgan fingerprint density at radius 1 is 1.19 bits per heavy atom. The summed E-state index contributed by atoms with van der Waals surface area (Å²) in [6, 6.07) is 10.3. The van der Waals surface area contributed by atoms with Crippen molar-refractivity contribution in [2.24, 2.45) is 0 Å². The van der Waals surface area contributed by atoms with Crippen molar-refractivity contribution in [3.05, 3.63) is 75.8 Å². The van der Waals surface area contributed by atoms with E-state index in [1.165, 1.54) is 24.2 Å². The molecule has 3 rings (SSSR count). The molecule has 0 spiro atoms. The first kappa shape index (κ1) is 22.8. The smallest absolute Gasteiger partial charge is 0.265 e. The molecule has 2 aromatic carbocycles. The van der Waals surface area contributed by atoms with Crippen LogP contribution in [0.1, 0.15) is 11.1 Å². The zero-order valence-corrected chi connectivity index (χ0v) is 18.8. The Morgan fingerprint density at radius 3 is 2.68 bits per heavy atom. The molecule has 1 heterocycles. The Morgan fingerprint density at radius 2 is 1.97 bits per heavy atom. The normalized spacial score (nSPS) is 15.1. The lowest BCUT2D eigenvalue weighted by molar-refractivity contribution is -0.128. The zero-order chi connectivity index (χ0) is 22.5. The van der Waals surface area contributed by atoms with Crippen molar-refractivity contribution in [1.82, 2.24) is 10.2 Å². The van der Waals surface area contributed by atoms with Crippen LogP contribution in [0.4, 0.5) is 0 Å². The van der Waals surface area contributed by atoms with Crippen LogP contribution in [0.25, 0.3) is 6.08 Å². The van der Waals surface area contributed by atoms with Gasteiger partial charge in [-0.25, -0.2) is 0 Å². The molecule has 160 valence electrons. The highest BCUT2D eigenvalue weighted by Crippen LogP contribution is 2.33. The van der Waals surface area contributed by atoms with Gasteiger partial charge in [-0.1, -0.05) is 41.4 Å². The summed E-state index contributed by atoms with van der Waals surface area (Å²) in [6.07, 6.45) is 3.02. The summed E-state index contributed by atoms with van der Waals surface area (Å²) in [5.74, 6) is -0.0489. The summed E-state index contributed by atoms with van der Waals surface area (Å²) < 4.78 is 11.2. The average molecular weight is 477 g/mol. The third-order valence-corrected chi connectivity index (χ3v) is 5.54. The van der Waals surface area contributed by atoms with E-state index >= 15 is 0 Å². The minimum absolute atomic E-state index is 0.0367. The molecule has 31 heavy (non-hydrogen) atoms. The Balaban J connectivity index is 1.89. The highest BCUT2D eigenvalue weighted by atomic mass is 35.5. The number of thiocarbonyl (C=S) groups is 1. The molecule has 6 nitrogen and oxygen atoms in total. The maximum absolute atomic E-state index is 12.7. The molecule has 1 aliphatic heterocycles. The molecule has 0 saturated carbocycles. The van der Waals surface area contributed by atoms with Gasteiger partial charge in [-0.15, -0.1) is 6.58 Å². The summed E-state index contributed by atoms with van der Waals surface area (Å²) in [6.45, 7) is 3.93. The van der Waals surface area contributed by atoms with E-state index < -0.39 is 11.8 Å². The third kappa shape index (κ3) is 5.07. The second kappa shape index (κ2) is 9.96. The number of ether oxygens (including phenoxy) is 2. The van der Waals surface area contributed by atoms with Gasteiger partial charge in [-0.3, -0.25) is 19.8 Å². The van der Waals surface area contributed by atoms with Crippen molar-refractivity contribution in [1.29, 1.82) is 0 Å². The van der Waals surface area contributed by atoms with Crippen molar-refractivity contribution in [3.63, 3.8) is 0 Å². The predicted molar refractivity (Wildman–Crippen MR) is 124 cm³/mol. The van der Waals surface area contributed by atoms with Crippen molar-refractivity contribution in [3.8, 4) is 11.5 Å². The van der Waals surface area contributed by atoms with E-state index in [1.54, 1.807) is 36.4 Å². The number of nitrogens with one attached hydrogen (secondary N) is 1. The van der Waals surface area contributed by atoms with Crippen LogP contribution in [0.3, 0.4) is 0 Å². The molecule has 9 heteroatoms. The fourth-order valence-corrected chi connectivity index (χ4v) is 3.50. The van der Waals surface area contributed by atoms with Gasteiger partial charge in [0.05, 0.1) is 12.1 Å². The Labute approximate surface area is 195 Å². The summed E-state index contributed by atoms with van der Waals surface area (Å²) in [5.41, 5.74) is 1.27. The van der Waals surface area contributed by atoms with Gasteiger partial charge in [0.1, 0.15) is 28.7 Å². The van der Waals surface area contributed by atoms with Crippen molar-refractivity contribution >= 4 is 58.4 Å². The summed E-state index contributed by atoms with van der Waals surface area (Å²) >= 11 is 17.3. The molecule has 2 aromatic rings. The fourth-order valence-electron chi connectivity index (χ4n) is 2.91. The number of rotatable bonds is 7. The number of amides is 2. The number of carbonyl (C=O) groups is 2. The number of hydrogen-bond donors (Lipinski definition) is 1. The molecule has 0 atom stereocenters. The maximum atomic E-state index is 12.7. The minimum atomic E-state index is -0.561. The van der Waals surface area contributed by atoms with E-state index in [9.17, 15) is 9.59 Å². The molecule has 1 fully saturated rings. The highest BCUT2D eigenvalue weighted by molar-refractivity contribution is 7.80. The van der Waals surface area contributed by atoms with Gasteiger partial charge in [-0.2, -0.15) is 0 Å². The van der Waals surface area contributed by atoms with E-state index in [1.807, 2.05) is 0 Å². The Bertz CT molecular complexity index is 1100. The summed E-state index contributed by atoms with van der Waals surface area (Å²) in [5, 5.41) is 3.26. The van der Waals surface area contributed by atoms with Gasteiger partial charge in [0, 0.05) is 12.1 Å². The quantitative estimate of drug-likeness (QED) is 0.277. The largest absolute Gasteiger partial charge is 0.496 e. The molecular weight excluding hydrogens is 459 g/mol. The minimum Gasteiger partial charge on any atom is -0.496 e. The Kier molecular flexibility index (Phi) is 7.33. The van der Waals surface area contributed by atoms with Crippen LogP contribution in [0.2, 0.25) is 10.0 Å². The molecule has 1 N–H and O–H groups in total. The molecule has 0 bridgehead atoms. The molecule has 1 saturated heterocycles. The predicted octanol–water partition coefficient (Wildman–Crippen LogP) is 4.39. The molecule has 0 unspecified atom stereocenters. The second-order valence-corrected chi connectivity index (χ2v) is 7.61. The molecule has 0 aromatic heterocycles. The van der Waals surface area contributed by atoms with E-state index in [4.69, 9.17) is 44.9 Å². The van der Waals surface area contributed by atoms with Crippen molar-refractivity contribution in [2.75, 3.05) is 13.7 Å². The lowest BCUT2D eigenvalue weighted by atomic mass is 10.0. The van der Waals surface area contributed by atoms with Gasteiger partial charge in [-0.05, 0) is 48.1 Å². The fraction of sp³-hybridized carbons (Fsp3) is 0.136. The maximum Gasteiger partial charge on any atom is 0.265 e. The topological polar surface area (TPSA) is 67.9 Å². The number of halogens is 2. The SMILES string of the molecule is C=CCN1C(=O)C(=Cc2ccc(OC)c(COc3cccc(Cl)c3Cl)c2)C(=O)NC1=S. The molecule has 1 aliphatic rings. The lowest BCUT2D eigenvalue weighted by Crippen LogP contribution is -2.53. The standard InChI is InChI=1S/C22H18Cl2N2O4S/c1-3-9-26-21(28)15(20(27)25-22(26)31)11-13-7-8-17(29-2)14(10-13)12-30-18-6-4-5-16(23)19(18)24/h3-8,10-11H,1,9,12H2,2H3,(H,25,27,31). The average Bonchev–Trinajstić information content (AvgIpc) is 2.75. The third-order valence-electron chi connectivity index (χ3n) is 4.41. The first-order valence-corrected chi connectivity index (χ1v) is 10.3. The Hall–Kier alpha value is -2.87. The van der Waals surface area contributed by atoms with Crippen LogP contribution in [-0.2, 0) is 16.2 Å². The molecule has 2 amide bonds. The first-order chi connectivity index (χ1) is 14.8. The molecule has 0 aliphatic carbocycles. The second-order valence-electron chi connectivity index (χ2n) is 6.43. The number of hydrogen-bond acceptors (Lipinski definition) is 5. The lowest BCUT2D eigenvalue weighted by Gasteiger charge is -2.27. The van der Waals surface area contributed by atoms with E-state index in [2.05, 4.69) is 11.9 Å². The van der Waals surface area contributed by atoms with E-state index in [0.717, 1.165) is 0 Å². The molecule has 0 radical (unpaired) electrons. The van der Waals surface area contributed by atoms with Gasteiger partial charge < -0.3 is 9.47 Å². The number of benzene rings is 2. The van der Waals surface area contributed by atoms with E-state index in [-0.39, 0.29) is 23.8 Å². The van der Waals surface area contributed by atoms with E-state index in [0.29, 0.717) is 32.7 Å². The van der Waals surface area contributed by atoms with Crippen LogP contribution >= 0.6 is 35.4 Å². The molecular formula is C22H18Cl2N2O4S. The van der Waals surface area contributed by atoms with Crippen LogP contribution in [-0.4, -0.2) is 35.5 Å². The van der Waals surface area contributed by atoms with Crippen LogP contribution in [0.5, 0.6) is 11.5 Å². The number of nitrogens with zero attached hydrogens (tertiary/aromatic N) is 1. The monoisotopic (exact) mass is 476 g/mol. The zero-order valence-electron chi connectivity index (χ0n) is 16.5. The van der Waals surface area contributed by atoms with Gasteiger partial charge in [0.15, 0.2) is 5.11 Å². The van der Waals surface area contributed by atoms with Crippen LogP contribution in [0.15, 0.2) is 54.6 Å². The summed E-state index contributed by atoms with van der Waals surface area (Å²) in [7, 11) is 1.54. The van der Waals surface area contributed by atoms with Gasteiger partial charge in [0.2, 0.25) is 0 Å².